The number of carbonyl (C=O) groups excluding carboxylic acids is 3. The van der Waals surface area contributed by atoms with E-state index in [9.17, 15) is 14.4 Å². The summed E-state index contributed by atoms with van der Waals surface area (Å²) in [5, 5.41) is 2.34. The van der Waals surface area contributed by atoms with Crippen molar-refractivity contribution in [2.75, 3.05) is 19.0 Å². The monoisotopic (exact) mass is 399 g/mol. The predicted molar refractivity (Wildman–Crippen MR) is 112 cm³/mol. The van der Waals surface area contributed by atoms with Crippen LogP contribution in [0.25, 0.3) is 0 Å². The van der Waals surface area contributed by atoms with Crippen molar-refractivity contribution in [1.82, 2.24) is 15.3 Å². The number of carbonyl (C=O) groups is 3. The van der Waals surface area contributed by atoms with Gasteiger partial charge in [0.25, 0.3) is 11.8 Å². The van der Waals surface area contributed by atoms with Crippen LogP contribution in [0.2, 0.25) is 0 Å². The zero-order valence-electron chi connectivity index (χ0n) is 17.2. The first-order chi connectivity index (χ1) is 13.9. The van der Waals surface area contributed by atoms with Crippen molar-refractivity contribution in [1.29, 1.82) is 0 Å². The first kappa shape index (κ1) is 22.1. The van der Waals surface area contributed by atoms with Crippen LogP contribution in [0.15, 0.2) is 30.6 Å². The Balaban J connectivity index is 0.000000221. The number of benzene rings is 1. The van der Waals surface area contributed by atoms with E-state index in [0.717, 1.165) is 18.5 Å². The third-order valence-corrected chi connectivity index (χ3v) is 5.09. The van der Waals surface area contributed by atoms with E-state index in [2.05, 4.69) is 28.3 Å². The lowest BCUT2D eigenvalue weighted by Gasteiger charge is -2.27. The normalized spacial score (nSPS) is 13.8. The maximum atomic E-state index is 12.4. The van der Waals surface area contributed by atoms with Crippen LogP contribution in [-0.4, -0.2) is 41.8 Å². The van der Waals surface area contributed by atoms with E-state index in [0.29, 0.717) is 5.91 Å². The number of anilines is 1. The van der Waals surface area contributed by atoms with Crippen LogP contribution >= 0.6 is 0 Å². The summed E-state index contributed by atoms with van der Waals surface area (Å²) in [5.74, 6) is -0.608. The van der Waals surface area contributed by atoms with Crippen molar-refractivity contribution < 1.29 is 14.4 Å². The number of hydrogen-bond acceptors (Lipinski definition) is 4. The predicted octanol–water partition coefficient (Wildman–Crippen LogP) is 2.41. The number of nitrogens with zero attached hydrogens (tertiary/aromatic N) is 2. The SMILES string of the molecule is CNC(=O)c1[nH]cnc1C(N)=O.Cc1ccccc1N(C)C(=O)C1CCCCC1. The van der Waals surface area contributed by atoms with Gasteiger partial charge in [-0.25, -0.2) is 4.98 Å². The van der Waals surface area contributed by atoms with Crippen LogP contribution < -0.4 is 16.0 Å². The molecule has 1 saturated carbocycles. The number of nitrogens with one attached hydrogen (secondary N) is 2. The van der Waals surface area contributed by atoms with Gasteiger partial charge in [-0.1, -0.05) is 37.5 Å². The number of rotatable bonds is 4. The van der Waals surface area contributed by atoms with Gasteiger partial charge in [0.15, 0.2) is 5.69 Å². The largest absolute Gasteiger partial charge is 0.364 e. The summed E-state index contributed by atoms with van der Waals surface area (Å²) in [6, 6.07) is 8.08. The Morgan fingerprint density at radius 2 is 1.83 bits per heavy atom. The van der Waals surface area contributed by atoms with E-state index in [4.69, 9.17) is 5.73 Å². The number of amides is 3. The lowest BCUT2D eigenvalue weighted by molar-refractivity contribution is -0.123. The molecule has 156 valence electrons. The quantitative estimate of drug-likeness (QED) is 0.731. The van der Waals surface area contributed by atoms with Crippen LogP contribution in [0.1, 0.15) is 58.6 Å². The van der Waals surface area contributed by atoms with E-state index in [1.165, 1.54) is 38.2 Å². The van der Waals surface area contributed by atoms with Crippen LogP contribution in [0.4, 0.5) is 5.69 Å². The number of aromatic nitrogens is 2. The number of aryl methyl sites for hydroxylation is 1. The number of nitrogens with two attached hydrogens (primary N) is 1. The van der Waals surface area contributed by atoms with Gasteiger partial charge in [-0.05, 0) is 31.4 Å². The number of imidazole rings is 1. The topological polar surface area (TPSA) is 121 Å². The maximum Gasteiger partial charge on any atom is 0.269 e. The highest BCUT2D eigenvalue weighted by Crippen LogP contribution is 2.27. The molecule has 29 heavy (non-hydrogen) atoms. The molecule has 1 fully saturated rings. The van der Waals surface area contributed by atoms with Gasteiger partial charge in [0, 0.05) is 25.7 Å². The Bertz CT molecular complexity index is 856. The highest BCUT2D eigenvalue weighted by Gasteiger charge is 2.25. The number of hydrogen-bond donors (Lipinski definition) is 3. The van der Waals surface area contributed by atoms with Gasteiger partial charge in [0.2, 0.25) is 5.91 Å². The molecule has 2 aromatic rings. The fourth-order valence-electron chi connectivity index (χ4n) is 3.46. The van der Waals surface area contributed by atoms with Crippen LogP contribution in [0, 0.1) is 12.8 Å². The van der Waals surface area contributed by atoms with E-state index < -0.39 is 11.8 Å². The molecule has 4 N–H and O–H groups in total. The number of H-pyrrole nitrogens is 1. The molecule has 1 aliphatic rings. The fourth-order valence-corrected chi connectivity index (χ4v) is 3.46. The molecule has 1 aromatic heterocycles. The first-order valence-corrected chi connectivity index (χ1v) is 9.75. The molecule has 0 atom stereocenters. The van der Waals surface area contributed by atoms with Crippen molar-refractivity contribution in [3.05, 3.63) is 47.5 Å². The van der Waals surface area contributed by atoms with E-state index >= 15 is 0 Å². The van der Waals surface area contributed by atoms with Crippen molar-refractivity contribution >= 4 is 23.4 Å². The van der Waals surface area contributed by atoms with Crippen molar-refractivity contribution in [3.8, 4) is 0 Å². The van der Waals surface area contributed by atoms with Gasteiger partial charge in [0.1, 0.15) is 5.69 Å². The van der Waals surface area contributed by atoms with Crippen molar-refractivity contribution in [3.63, 3.8) is 0 Å². The lowest BCUT2D eigenvalue weighted by atomic mass is 9.88. The van der Waals surface area contributed by atoms with Gasteiger partial charge >= 0.3 is 0 Å². The van der Waals surface area contributed by atoms with Crippen LogP contribution in [-0.2, 0) is 4.79 Å². The Kier molecular flexibility index (Phi) is 7.94. The van der Waals surface area contributed by atoms with Gasteiger partial charge in [-0.2, -0.15) is 0 Å². The smallest absolute Gasteiger partial charge is 0.269 e. The molecule has 1 aromatic carbocycles. The molecule has 0 spiro atoms. The Morgan fingerprint density at radius 1 is 1.17 bits per heavy atom. The number of para-hydroxylation sites is 1. The van der Waals surface area contributed by atoms with E-state index in [1.54, 1.807) is 0 Å². The Labute approximate surface area is 170 Å². The van der Waals surface area contributed by atoms with Crippen LogP contribution in [0.5, 0.6) is 0 Å². The second kappa shape index (κ2) is 10.4. The number of aromatic amines is 1. The molecular formula is C21H29N5O3. The zero-order valence-corrected chi connectivity index (χ0v) is 17.2. The molecule has 3 amide bonds. The molecular weight excluding hydrogens is 370 g/mol. The molecule has 3 rings (SSSR count). The van der Waals surface area contributed by atoms with Gasteiger partial charge < -0.3 is 20.9 Å². The minimum atomic E-state index is -0.727. The third kappa shape index (κ3) is 5.66. The second-order valence-corrected chi connectivity index (χ2v) is 7.09. The summed E-state index contributed by atoms with van der Waals surface area (Å²) in [6.07, 6.45) is 7.07. The summed E-state index contributed by atoms with van der Waals surface area (Å²) in [5.41, 5.74) is 7.20. The minimum absolute atomic E-state index is 0.0469. The number of primary amides is 1. The van der Waals surface area contributed by atoms with Crippen LogP contribution in [0.3, 0.4) is 0 Å². The standard InChI is InChI=1S/C15H21NO.C6H8N4O2/c1-12-8-6-7-11-14(12)16(2)15(17)13-9-4-3-5-10-13;1-8-6(12)4-3(5(7)11)9-2-10-4/h6-8,11,13H,3-5,9-10H2,1-2H3;2H,1H3,(H2,7,11)(H,8,12)(H,9,10). The summed E-state index contributed by atoms with van der Waals surface area (Å²) in [7, 11) is 3.35. The zero-order chi connectivity index (χ0) is 21.4. The molecule has 0 radical (unpaired) electrons. The molecule has 1 aliphatic carbocycles. The van der Waals surface area contributed by atoms with Crippen molar-refractivity contribution in [2.24, 2.45) is 11.7 Å². The van der Waals surface area contributed by atoms with Crippen molar-refractivity contribution in [2.45, 2.75) is 39.0 Å². The van der Waals surface area contributed by atoms with Gasteiger partial charge in [-0.15, -0.1) is 0 Å². The fraction of sp³-hybridized carbons (Fsp3) is 0.429. The highest BCUT2D eigenvalue weighted by atomic mass is 16.2. The summed E-state index contributed by atoms with van der Waals surface area (Å²) < 4.78 is 0. The summed E-state index contributed by atoms with van der Waals surface area (Å²) in [4.78, 5) is 42.0. The Morgan fingerprint density at radius 3 is 2.41 bits per heavy atom. The van der Waals surface area contributed by atoms with Gasteiger partial charge in [-0.3, -0.25) is 14.4 Å². The molecule has 0 unspecified atom stereocenters. The average Bonchev–Trinajstić information content (AvgIpc) is 3.24. The molecule has 0 bridgehead atoms. The molecule has 8 heteroatoms. The maximum absolute atomic E-state index is 12.4. The second-order valence-electron chi connectivity index (χ2n) is 7.09. The van der Waals surface area contributed by atoms with Gasteiger partial charge in [0.05, 0.1) is 6.33 Å². The Hall–Kier alpha value is -3.16. The molecule has 8 nitrogen and oxygen atoms in total. The minimum Gasteiger partial charge on any atom is -0.364 e. The molecule has 1 heterocycles. The highest BCUT2D eigenvalue weighted by molar-refractivity contribution is 6.04. The summed E-state index contributed by atoms with van der Waals surface area (Å²) in [6.45, 7) is 2.06. The van der Waals surface area contributed by atoms with E-state index in [1.807, 2.05) is 30.1 Å². The summed E-state index contributed by atoms with van der Waals surface area (Å²) >= 11 is 0. The first-order valence-electron chi connectivity index (χ1n) is 9.75. The lowest BCUT2D eigenvalue weighted by Crippen LogP contribution is -2.34. The molecule has 0 saturated heterocycles. The average molecular weight is 399 g/mol. The molecule has 0 aliphatic heterocycles. The third-order valence-electron chi connectivity index (χ3n) is 5.09. The van der Waals surface area contributed by atoms with E-state index in [-0.39, 0.29) is 17.3 Å².